The van der Waals surface area contributed by atoms with E-state index in [9.17, 15) is 0 Å². The molecule has 0 spiro atoms. The van der Waals surface area contributed by atoms with Crippen LogP contribution in [0, 0.1) is 0 Å². The Hall–Kier alpha value is -6.24. The van der Waals surface area contributed by atoms with Gasteiger partial charge in [0, 0.05) is 0 Å². The van der Waals surface area contributed by atoms with Crippen molar-refractivity contribution in [2.45, 2.75) is 0 Å². The number of benzene rings is 11. The van der Waals surface area contributed by atoms with Crippen LogP contribution in [-0.2, 0) is 0 Å². The van der Waals surface area contributed by atoms with Crippen LogP contribution in [0.2, 0.25) is 0 Å². The molecule has 0 aliphatic rings. The lowest BCUT2D eigenvalue weighted by atomic mass is 9.86. The van der Waals surface area contributed by atoms with Gasteiger partial charge in [-0.1, -0.05) is 164 Å². The highest BCUT2D eigenvalue weighted by Crippen LogP contribution is 2.44. The first-order chi connectivity index (χ1) is 23.8. The molecule has 11 aromatic rings. The first kappa shape index (κ1) is 25.9. The number of fused-ring (bicyclic) bond motifs is 1. The summed E-state index contributed by atoms with van der Waals surface area (Å²) in [5.74, 6) is 0. The van der Waals surface area contributed by atoms with Crippen LogP contribution in [0.4, 0.5) is 0 Å². The van der Waals surface area contributed by atoms with E-state index in [2.05, 4.69) is 170 Å². The molecule has 0 N–H and O–H groups in total. The van der Waals surface area contributed by atoms with Gasteiger partial charge in [0.05, 0.1) is 0 Å². The van der Waals surface area contributed by atoms with Crippen molar-refractivity contribution in [1.29, 1.82) is 0 Å². The molecule has 0 bridgehead atoms. The maximum absolute atomic E-state index is 2.38. The maximum atomic E-state index is 2.38. The lowest BCUT2D eigenvalue weighted by Gasteiger charge is -2.17. The maximum Gasteiger partial charge on any atom is -0.00206 e. The van der Waals surface area contributed by atoms with Gasteiger partial charge in [-0.3, -0.25) is 0 Å². The third-order valence-corrected chi connectivity index (χ3v) is 10.8. The first-order valence-electron chi connectivity index (χ1n) is 16.8. The molecular formula is C48H28. The summed E-state index contributed by atoms with van der Waals surface area (Å²) in [6.07, 6.45) is 0. The van der Waals surface area contributed by atoms with E-state index >= 15 is 0 Å². The Bertz CT molecular complexity index is 3020. The molecule has 0 saturated heterocycles. The molecular weight excluding hydrogens is 577 g/mol. The second-order valence-corrected chi connectivity index (χ2v) is 13.2. The molecule has 48 heavy (non-hydrogen) atoms. The van der Waals surface area contributed by atoms with Gasteiger partial charge in [-0.2, -0.15) is 0 Å². The quantitative estimate of drug-likeness (QED) is 0.176. The molecule has 0 saturated carbocycles. The van der Waals surface area contributed by atoms with Gasteiger partial charge in [0.25, 0.3) is 0 Å². The molecule has 0 unspecified atom stereocenters. The number of rotatable bonds is 3. The van der Waals surface area contributed by atoms with Gasteiger partial charge in [-0.25, -0.2) is 0 Å². The Labute approximate surface area is 277 Å². The van der Waals surface area contributed by atoms with E-state index in [0.29, 0.717) is 0 Å². The van der Waals surface area contributed by atoms with Gasteiger partial charge < -0.3 is 0 Å². The molecule has 0 radical (unpaired) electrons. The Morgan fingerprint density at radius 3 is 1.15 bits per heavy atom. The summed E-state index contributed by atoms with van der Waals surface area (Å²) in [7, 11) is 0. The Morgan fingerprint density at radius 2 is 0.562 bits per heavy atom. The summed E-state index contributed by atoms with van der Waals surface area (Å²) >= 11 is 0. The van der Waals surface area contributed by atoms with E-state index in [1.807, 2.05) is 0 Å². The minimum absolute atomic E-state index is 1.23. The molecule has 0 heteroatoms. The van der Waals surface area contributed by atoms with Crippen LogP contribution >= 0.6 is 0 Å². The molecule has 0 fully saturated rings. The largest absolute Gasteiger partial charge is 0.0616 e. The summed E-state index contributed by atoms with van der Waals surface area (Å²) < 4.78 is 0. The van der Waals surface area contributed by atoms with E-state index in [4.69, 9.17) is 0 Å². The van der Waals surface area contributed by atoms with Gasteiger partial charge >= 0.3 is 0 Å². The van der Waals surface area contributed by atoms with Crippen molar-refractivity contribution in [2.75, 3.05) is 0 Å². The summed E-state index contributed by atoms with van der Waals surface area (Å²) in [4.78, 5) is 0. The van der Waals surface area contributed by atoms with Gasteiger partial charge in [0.15, 0.2) is 0 Å². The Kier molecular flexibility index (Phi) is 5.20. The van der Waals surface area contributed by atoms with E-state index in [-0.39, 0.29) is 0 Å². The van der Waals surface area contributed by atoms with E-state index in [1.54, 1.807) is 0 Å². The van der Waals surface area contributed by atoms with Crippen molar-refractivity contribution >= 4 is 75.4 Å². The number of hydrogen-bond donors (Lipinski definition) is 0. The standard InChI is InChI=1S/C48H28/c1-2-13-40-39(12-1)37(26-27-41(40)42-23-19-34-17-15-30-7-4-9-32-21-25-44(42)48(34)46(30)32)35-10-5-11-36(28-35)38-22-18-33-16-14-29-6-3-8-31-20-24-43(38)47(33)45(29)31/h1-28H. The molecule has 11 rings (SSSR count). The van der Waals surface area contributed by atoms with Crippen LogP contribution in [0.15, 0.2) is 170 Å². The first-order valence-corrected chi connectivity index (χ1v) is 16.8. The highest BCUT2D eigenvalue weighted by atomic mass is 14.2. The molecule has 0 nitrogen and oxygen atoms in total. The minimum Gasteiger partial charge on any atom is -0.0616 e. The SMILES string of the molecule is c1cc(-c2ccc(-c3ccc4ccc5cccc6ccc3c4c56)c3ccccc23)cc(-c2ccc3ccc4cccc5ccc2c3c45)c1. The predicted molar refractivity (Wildman–Crippen MR) is 208 cm³/mol. The van der Waals surface area contributed by atoms with E-state index in [0.717, 1.165) is 0 Å². The normalized spacial score (nSPS) is 12.2. The highest BCUT2D eigenvalue weighted by molar-refractivity contribution is 6.27. The van der Waals surface area contributed by atoms with Crippen molar-refractivity contribution in [3.8, 4) is 33.4 Å². The molecule has 0 amide bonds. The molecule has 0 aromatic heterocycles. The van der Waals surface area contributed by atoms with Crippen LogP contribution in [-0.4, -0.2) is 0 Å². The van der Waals surface area contributed by atoms with Gasteiger partial charge in [-0.15, -0.1) is 0 Å². The second-order valence-electron chi connectivity index (χ2n) is 13.2. The minimum atomic E-state index is 1.23. The van der Waals surface area contributed by atoms with Crippen LogP contribution in [0.3, 0.4) is 0 Å². The van der Waals surface area contributed by atoms with Crippen molar-refractivity contribution in [2.24, 2.45) is 0 Å². The number of hydrogen-bond acceptors (Lipinski definition) is 0. The van der Waals surface area contributed by atoms with Crippen molar-refractivity contribution < 1.29 is 0 Å². The Balaban J connectivity index is 1.10. The lowest BCUT2D eigenvalue weighted by molar-refractivity contribution is 1.62. The molecule has 0 heterocycles. The van der Waals surface area contributed by atoms with Crippen LogP contribution < -0.4 is 0 Å². The lowest BCUT2D eigenvalue weighted by Crippen LogP contribution is -1.90. The van der Waals surface area contributed by atoms with Crippen LogP contribution in [0.5, 0.6) is 0 Å². The molecule has 11 aromatic carbocycles. The van der Waals surface area contributed by atoms with Gasteiger partial charge in [0.1, 0.15) is 0 Å². The summed E-state index contributed by atoms with van der Waals surface area (Å²) in [6, 6.07) is 63.4. The summed E-state index contributed by atoms with van der Waals surface area (Å²) in [5.41, 5.74) is 7.56. The van der Waals surface area contributed by atoms with Crippen molar-refractivity contribution in [3.63, 3.8) is 0 Å². The average molecular weight is 605 g/mol. The predicted octanol–water partition coefficient (Wildman–Crippen LogP) is 13.6. The third kappa shape index (κ3) is 3.55. The third-order valence-electron chi connectivity index (χ3n) is 10.8. The smallest absolute Gasteiger partial charge is 0.00206 e. The molecule has 0 aliphatic carbocycles. The fraction of sp³-hybridized carbons (Fsp3) is 0. The topological polar surface area (TPSA) is 0 Å². The molecule has 220 valence electrons. The van der Waals surface area contributed by atoms with Gasteiger partial charge in [-0.05, 0) is 115 Å². The zero-order valence-corrected chi connectivity index (χ0v) is 26.2. The molecule has 0 aliphatic heterocycles. The fourth-order valence-electron chi connectivity index (χ4n) is 8.60. The Morgan fingerprint density at radius 1 is 0.208 bits per heavy atom. The second kappa shape index (κ2) is 9.64. The fourth-order valence-corrected chi connectivity index (χ4v) is 8.60. The van der Waals surface area contributed by atoms with E-state index < -0.39 is 0 Å². The zero-order chi connectivity index (χ0) is 31.3. The summed E-state index contributed by atoms with van der Waals surface area (Å²) in [6.45, 7) is 0. The van der Waals surface area contributed by atoms with Crippen molar-refractivity contribution in [3.05, 3.63) is 170 Å². The van der Waals surface area contributed by atoms with E-state index in [1.165, 1.54) is 109 Å². The summed E-state index contributed by atoms with van der Waals surface area (Å²) in [5, 5.41) is 18.4. The van der Waals surface area contributed by atoms with Crippen molar-refractivity contribution in [1.82, 2.24) is 0 Å². The average Bonchev–Trinajstić information content (AvgIpc) is 3.15. The van der Waals surface area contributed by atoms with Crippen LogP contribution in [0.25, 0.3) is 109 Å². The van der Waals surface area contributed by atoms with Gasteiger partial charge in [0.2, 0.25) is 0 Å². The zero-order valence-electron chi connectivity index (χ0n) is 26.2. The van der Waals surface area contributed by atoms with Crippen LogP contribution in [0.1, 0.15) is 0 Å². The highest BCUT2D eigenvalue weighted by Gasteiger charge is 2.17. The molecule has 0 atom stereocenters. The monoisotopic (exact) mass is 604 g/mol.